The molecule has 0 radical (unpaired) electrons. The number of nitrogens with zero attached hydrogens (tertiary/aromatic N) is 2. The Labute approximate surface area is 153 Å². The van der Waals surface area contributed by atoms with E-state index in [1.807, 2.05) is 0 Å². The van der Waals surface area contributed by atoms with Crippen molar-refractivity contribution in [3.05, 3.63) is 0 Å². The summed E-state index contributed by atoms with van der Waals surface area (Å²) >= 11 is 0. The molecule has 0 atom stereocenters. The molecule has 0 bridgehead atoms. The maximum Gasteiger partial charge on any atom is 0.00893 e. The molecule has 0 spiro atoms. The topological polar surface area (TPSA) is 6.48 Å². The first-order valence-corrected chi connectivity index (χ1v) is 10.5. The normalized spacial score (nSPS) is 31.5. The van der Waals surface area contributed by atoms with Gasteiger partial charge in [0.05, 0.1) is 0 Å². The van der Waals surface area contributed by atoms with Gasteiger partial charge in [-0.2, -0.15) is 0 Å². The monoisotopic (exact) mass is 338 g/mol. The number of rotatable bonds is 4. The van der Waals surface area contributed by atoms with Crippen LogP contribution in [0.15, 0.2) is 0 Å². The smallest absolute Gasteiger partial charge is 0.00893 e. The Morgan fingerprint density at radius 1 is 0.500 bits per heavy atom. The molecular weight excluding hydrogens is 292 g/mol. The van der Waals surface area contributed by atoms with E-state index in [1.165, 1.54) is 51.4 Å². The fourth-order valence-corrected chi connectivity index (χ4v) is 4.57. The summed E-state index contributed by atoms with van der Waals surface area (Å²) in [5, 5.41) is 0. The first kappa shape index (κ1) is 22.0. The maximum absolute atomic E-state index is 2.39. The van der Waals surface area contributed by atoms with E-state index in [0.717, 1.165) is 35.8 Å². The summed E-state index contributed by atoms with van der Waals surface area (Å²) in [7, 11) is 8.83. The molecule has 0 aliphatic heterocycles. The molecule has 2 saturated carbocycles. The molecule has 0 N–H and O–H groups in total. The second-order valence-corrected chi connectivity index (χ2v) is 9.55. The predicted molar refractivity (Wildman–Crippen MR) is 109 cm³/mol. The predicted octanol–water partition coefficient (Wildman–Crippen LogP) is 5.53. The van der Waals surface area contributed by atoms with Crippen molar-refractivity contribution in [3.8, 4) is 0 Å². The van der Waals surface area contributed by atoms with Gasteiger partial charge in [-0.1, -0.05) is 27.7 Å². The molecule has 2 heteroatoms. The molecule has 0 heterocycles. The lowest BCUT2D eigenvalue weighted by atomic mass is 9.79. The largest absolute Gasteiger partial charge is 0.306 e. The van der Waals surface area contributed by atoms with Crippen LogP contribution >= 0.6 is 0 Å². The van der Waals surface area contributed by atoms with E-state index in [4.69, 9.17) is 0 Å². The van der Waals surface area contributed by atoms with Crippen LogP contribution in [0.4, 0.5) is 0 Å². The zero-order valence-electron chi connectivity index (χ0n) is 18.0. The Morgan fingerprint density at radius 3 is 0.917 bits per heavy atom. The third-order valence-electron chi connectivity index (χ3n) is 6.83. The number of hydrogen-bond donors (Lipinski definition) is 0. The average Bonchev–Trinajstić information content (AvgIpc) is 2.55. The van der Waals surface area contributed by atoms with Crippen molar-refractivity contribution < 1.29 is 0 Å². The SMILES string of the molecule is CC(C)C1CCC(N(C)C)CC1.CC(C)C1CCC(N(C)C)CC1. The molecule has 0 aromatic heterocycles. The van der Waals surface area contributed by atoms with E-state index in [9.17, 15) is 0 Å². The van der Waals surface area contributed by atoms with Gasteiger partial charge >= 0.3 is 0 Å². The van der Waals surface area contributed by atoms with Crippen LogP contribution in [0.3, 0.4) is 0 Å². The number of hydrogen-bond acceptors (Lipinski definition) is 2. The van der Waals surface area contributed by atoms with Gasteiger partial charge in [0.15, 0.2) is 0 Å². The summed E-state index contributed by atoms with van der Waals surface area (Å²) in [6.07, 6.45) is 11.4. The van der Waals surface area contributed by atoms with Gasteiger partial charge in [-0.3, -0.25) is 0 Å². The van der Waals surface area contributed by atoms with Gasteiger partial charge in [0.1, 0.15) is 0 Å². The lowest BCUT2D eigenvalue weighted by Crippen LogP contribution is -2.33. The second-order valence-electron chi connectivity index (χ2n) is 9.55. The van der Waals surface area contributed by atoms with Crippen molar-refractivity contribution in [2.75, 3.05) is 28.2 Å². The van der Waals surface area contributed by atoms with Crippen molar-refractivity contribution in [1.82, 2.24) is 9.80 Å². The highest BCUT2D eigenvalue weighted by molar-refractivity contribution is 4.79. The molecule has 0 unspecified atom stereocenters. The lowest BCUT2D eigenvalue weighted by molar-refractivity contribution is 0.169. The Bertz CT molecular complexity index is 242. The molecule has 0 saturated heterocycles. The van der Waals surface area contributed by atoms with E-state index < -0.39 is 0 Å². The van der Waals surface area contributed by atoms with Crippen LogP contribution in [-0.4, -0.2) is 50.1 Å². The Balaban J connectivity index is 0.000000240. The van der Waals surface area contributed by atoms with E-state index in [2.05, 4.69) is 65.7 Å². The van der Waals surface area contributed by atoms with Gasteiger partial charge in [-0.05, 0) is 103 Å². The van der Waals surface area contributed by atoms with Crippen LogP contribution in [-0.2, 0) is 0 Å². The van der Waals surface area contributed by atoms with Gasteiger partial charge in [-0.25, -0.2) is 0 Å². The van der Waals surface area contributed by atoms with Crippen molar-refractivity contribution >= 4 is 0 Å². The molecule has 0 aromatic carbocycles. The summed E-state index contributed by atoms with van der Waals surface area (Å²) in [6.45, 7) is 9.45. The molecule has 0 aromatic rings. The van der Waals surface area contributed by atoms with Crippen molar-refractivity contribution in [3.63, 3.8) is 0 Å². The van der Waals surface area contributed by atoms with Gasteiger partial charge in [0, 0.05) is 12.1 Å². The maximum atomic E-state index is 2.39. The second kappa shape index (κ2) is 10.8. The van der Waals surface area contributed by atoms with Crippen molar-refractivity contribution in [2.24, 2.45) is 23.7 Å². The van der Waals surface area contributed by atoms with Crippen LogP contribution in [0.5, 0.6) is 0 Å². The van der Waals surface area contributed by atoms with Crippen molar-refractivity contribution in [1.29, 1.82) is 0 Å². The highest BCUT2D eigenvalue weighted by Gasteiger charge is 2.24. The van der Waals surface area contributed by atoms with E-state index >= 15 is 0 Å². The lowest BCUT2D eigenvalue weighted by Gasteiger charge is -2.34. The molecule has 24 heavy (non-hydrogen) atoms. The molecule has 2 rings (SSSR count). The average molecular weight is 339 g/mol. The quantitative estimate of drug-likeness (QED) is 0.665. The first-order valence-electron chi connectivity index (χ1n) is 10.5. The third-order valence-corrected chi connectivity index (χ3v) is 6.83. The minimum Gasteiger partial charge on any atom is -0.306 e. The molecule has 2 aliphatic rings. The minimum atomic E-state index is 0.861. The van der Waals surface area contributed by atoms with Gasteiger partial charge < -0.3 is 9.80 Å². The van der Waals surface area contributed by atoms with E-state index in [-0.39, 0.29) is 0 Å². The highest BCUT2D eigenvalue weighted by atomic mass is 15.1. The molecular formula is C22H46N2. The van der Waals surface area contributed by atoms with Crippen LogP contribution in [0, 0.1) is 23.7 Å². The minimum absolute atomic E-state index is 0.861. The Kier molecular flexibility index (Phi) is 9.89. The Hall–Kier alpha value is -0.0800. The summed E-state index contributed by atoms with van der Waals surface area (Å²) in [4.78, 5) is 4.77. The van der Waals surface area contributed by atoms with Crippen LogP contribution < -0.4 is 0 Å². The first-order chi connectivity index (χ1) is 11.2. The van der Waals surface area contributed by atoms with Crippen LogP contribution in [0.2, 0.25) is 0 Å². The third kappa shape index (κ3) is 7.44. The van der Waals surface area contributed by atoms with Gasteiger partial charge in [-0.15, -0.1) is 0 Å². The summed E-state index contributed by atoms with van der Waals surface area (Å²) in [5.74, 6) is 3.80. The highest BCUT2D eigenvalue weighted by Crippen LogP contribution is 2.32. The molecule has 2 fully saturated rings. The molecule has 2 aliphatic carbocycles. The standard InChI is InChI=1S/2C11H23N/c2*1-9(2)10-5-7-11(8-6-10)12(3)4/h2*9-11H,5-8H2,1-4H3. The molecule has 0 amide bonds. The van der Waals surface area contributed by atoms with Crippen molar-refractivity contribution in [2.45, 2.75) is 91.1 Å². The van der Waals surface area contributed by atoms with Gasteiger partial charge in [0.25, 0.3) is 0 Å². The molecule has 2 nitrogen and oxygen atoms in total. The van der Waals surface area contributed by atoms with E-state index in [1.54, 1.807) is 0 Å². The van der Waals surface area contributed by atoms with Gasteiger partial charge in [0.2, 0.25) is 0 Å². The van der Waals surface area contributed by atoms with Crippen LogP contribution in [0.25, 0.3) is 0 Å². The fourth-order valence-electron chi connectivity index (χ4n) is 4.57. The summed E-state index contributed by atoms with van der Waals surface area (Å²) < 4.78 is 0. The summed E-state index contributed by atoms with van der Waals surface area (Å²) in [6, 6.07) is 1.72. The van der Waals surface area contributed by atoms with Crippen LogP contribution in [0.1, 0.15) is 79.1 Å². The fraction of sp³-hybridized carbons (Fsp3) is 1.00. The molecule has 144 valence electrons. The Morgan fingerprint density at radius 2 is 0.750 bits per heavy atom. The zero-order chi connectivity index (χ0) is 18.3. The van der Waals surface area contributed by atoms with E-state index in [0.29, 0.717) is 0 Å². The summed E-state index contributed by atoms with van der Waals surface area (Å²) in [5.41, 5.74) is 0. The zero-order valence-corrected chi connectivity index (χ0v) is 18.0.